The van der Waals surface area contributed by atoms with E-state index in [0.29, 0.717) is 12.8 Å². The van der Waals surface area contributed by atoms with E-state index in [9.17, 15) is 0 Å². The first kappa shape index (κ1) is 7.94. The molecule has 1 aliphatic heterocycles. The molecule has 10 heavy (non-hydrogen) atoms. The molecular weight excluding hydrogens is 136 g/mol. The quantitative estimate of drug-likeness (QED) is 0.347. The summed E-state index contributed by atoms with van der Waals surface area (Å²) in [6.07, 6.45) is -0.321. The van der Waals surface area contributed by atoms with Gasteiger partial charge in [0, 0.05) is 6.42 Å². The molecule has 0 aromatic heterocycles. The monoisotopic (exact) mass is 148 g/mol. The third-order valence-corrected chi connectivity index (χ3v) is 1.58. The molecule has 0 aliphatic carbocycles. The number of rotatable bonds is 4. The third kappa shape index (κ3) is 2.22. The number of aliphatic hydroxyl groups is 3. The van der Waals surface area contributed by atoms with Gasteiger partial charge in [-0.05, 0) is 6.42 Å². The summed E-state index contributed by atoms with van der Waals surface area (Å²) in [5.41, 5.74) is 0. The van der Waals surface area contributed by atoms with E-state index in [4.69, 9.17) is 20.1 Å². The van der Waals surface area contributed by atoms with Crippen LogP contribution in [0.15, 0.2) is 0 Å². The molecule has 4 heteroatoms. The van der Waals surface area contributed by atoms with E-state index in [1.165, 1.54) is 0 Å². The molecule has 1 rings (SSSR count). The van der Waals surface area contributed by atoms with E-state index in [1.54, 1.807) is 0 Å². The summed E-state index contributed by atoms with van der Waals surface area (Å²) in [5.74, 6) is 0. The highest BCUT2D eigenvalue weighted by Gasteiger charge is 2.37. The van der Waals surface area contributed by atoms with Gasteiger partial charge in [-0.2, -0.15) is 0 Å². The van der Waals surface area contributed by atoms with Crippen molar-refractivity contribution in [3.63, 3.8) is 0 Å². The number of ether oxygens (including phenoxy) is 1. The summed E-state index contributed by atoms with van der Waals surface area (Å²) in [4.78, 5) is 0. The molecule has 4 nitrogen and oxygen atoms in total. The van der Waals surface area contributed by atoms with Gasteiger partial charge in [-0.1, -0.05) is 0 Å². The fraction of sp³-hybridized carbons (Fsp3) is 1.00. The lowest BCUT2D eigenvalue weighted by Crippen LogP contribution is -2.07. The number of epoxide rings is 1. The molecule has 0 aromatic rings. The molecule has 0 bridgehead atoms. The van der Waals surface area contributed by atoms with Gasteiger partial charge in [-0.25, -0.2) is 0 Å². The van der Waals surface area contributed by atoms with Crippen molar-refractivity contribution in [1.29, 1.82) is 0 Å². The Bertz CT molecular complexity index is 104. The smallest absolute Gasteiger partial charge is 0.151 e. The van der Waals surface area contributed by atoms with E-state index < -0.39 is 6.29 Å². The Balaban J connectivity index is 1.96. The van der Waals surface area contributed by atoms with Crippen LogP contribution in [0.3, 0.4) is 0 Å². The minimum Gasteiger partial charge on any atom is -0.394 e. The highest BCUT2D eigenvalue weighted by Crippen LogP contribution is 2.25. The van der Waals surface area contributed by atoms with Crippen molar-refractivity contribution in [3.05, 3.63) is 0 Å². The van der Waals surface area contributed by atoms with Crippen LogP contribution < -0.4 is 0 Å². The van der Waals surface area contributed by atoms with Crippen LogP contribution in [0.4, 0.5) is 0 Å². The second-order valence-corrected chi connectivity index (χ2v) is 2.45. The molecule has 3 N–H and O–H groups in total. The lowest BCUT2D eigenvalue weighted by Gasteiger charge is -1.98. The average Bonchev–Trinajstić information content (AvgIpc) is 2.61. The summed E-state index contributed by atoms with van der Waals surface area (Å²) in [6.45, 7) is 0.0339. The molecule has 0 aromatic carbocycles. The zero-order valence-corrected chi connectivity index (χ0v) is 5.60. The molecular formula is C6H12O4. The fourth-order valence-electron chi connectivity index (χ4n) is 0.907. The predicted molar refractivity (Wildman–Crippen MR) is 33.2 cm³/mol. The lowest BCUT2D eigenvalue weighted by atomic mass is 10.2. The van der Waals surface area contributed by atoms with Crippen LogP contribution in [0.25, 0.3) is 0 Å². The largest absolute Gasteiger partial charge is 0.394 e. The molecule has 0 radical (unpaired) electrons. The van der Waals surface area contributed by atoms with Gasteiger partial charge in [-0.15, -0.1) is 0 Å². The predicted octanol–water partition coefficient (Wildman–Crippen LogP) is -1.16. The van der Waals surface area contributed by atoms with Crippen LogP contribution in [0.5, 0.6) is 0 Å². The Kier molecular flexibility index (Phi) is 2.62. The first-order valence-corrected chi connectivity index (χ1v) is 3.36. The van der Waals surface area contributed by atoms with Crippen LogP contribution in [-0.2, 0) is 4.74 Å². The Morgan fingerprint density at radius 1 is 1.30 bits per heavy atom. The molecule has 1 heterocycles. The van der Waals surface area contributed by atoms with Crippen LogP contribution in [0.2, 0.25) is 0 Å². The number of hydrogen-bond donors (Lipinski definition) is 3. The normalized spacial score (nSPS) is 31.2. The second-order valence-electron chi connectivity index (χ2n) is 2.45. The summed E-state index contributed by atoms with van der Waals surface area (Å²) >= 11 is 0. The van der Waals surface area contributed by atoms with Gasteiger partial charge in [0.1, 0.15) is 6.10 Å². The van der Waals surface area contributed by atoms with E-state index >= 15 is 0 Å². The standard InChI is InChI=1S/C6H12O4/c7-3-5-4(10-5)1-2-6(8)9/h4-9H,1-3H2. The second kappa shape index (κ2) is 3.30. The fourth-order valence-corrected chi connectivity index (χ4v) is 0.907. The molecule has 0 spiro atoms. The summed E-state index contributed by atoms with van der Waals surface area (Å²) in [5, 5.41) is 25.3. The van der Waals surface area contributed by atoms with Crippen molar-refractivity contribution in [2.45, 2.75) is 31.3 Å². The SMILES string of the molecule is OCC1OC1CCC(O)O. The van der Waals surface area contributed by atoms with Gasteiger partial charge in [0.15, 0.2) is 6.29 Å². The molecule has 60 valence electrons. The van der Waals surface area contributed by atoms with E-state index in [1.807, 2.05) is 0 Å². The molecule has 2 unspecified atom stereocenters. The third-order valence-electron chi connectivity index (χ3n) is 1.58. The number of hydrogen-bond acceptors (Lipinski definition) is 4. The molecule has 1 aliphatic rings. The van der Waals surface area contributed by atoms with Gasteiger partial charge in [-0.3, -0.25) is 0 Å². The maximum Gasteiger partial charge on any atom is 0.151 e. The Labute approximate surface area is 59.1 Å². The van der Waals surface area contributed by atoms with E-state index in [0.717, 1.165) is 0 Å². The maximum atomic E-state index is 8.49. The first-order chi connectivity index (χ1) is 4.74. The van der Waals surface area contributed by atoms with Crippen LogP contribution in [0, 0.1) is 0 Å². The maximum absolute atomic E-state index is 8.49. The van der Waals surface area contributed by atoms with Crippen LogP contribution in [0.1, 0.15) is 12.8 Å². The zero-order chi connectivity index (χ0) is 7.56. The molecule has 1 fully saturated rings. The van der Waals surface area contributed by atoms with Crippen molar-refractivity contribution < 1.29 is 20.1 Å². The highest BCUT2D eigenvalue weighted by molar-refractivity contribution is 4.83. The van der Waals surface area contributed by atoms with Gasteiger partial charge in [0.2, 0.25) is 0 Å². The van der Waals surface area contributed by atoms with Crippen molar-refractivity contribution >= 4 is 0 Å². The van der Waals surface area contributed by atoms with E-state index in [2.05, 4.69) is 0 Å². The van der Waals surface area contributed by atoms with Crippen LogP contribution in [-0.4, -0.2) is 40.4 Å². The Morgan fingerprint density at radius 3 is 2.40 bits per heavy atom. The van der Waals surface area contributed by atoms with Crippen molar-refractivity contribution in [2.75, 3.05) is 6.61 Å². The van der Waals surface area contributed by atoms with Gasteiger partial charge < -0.3 is 20.1 Å². The van der Waals surface area contributed by atoms with Gasteiger partial charge >= 0.3 is 0 Å². The summed E-state index contributed by atoms with van der Waals surface area (Å²) in [7, 11) is 0. The Morgan fingerprint density at radius 2 is 2.00 bits per heavy atom. The van der Waals surface area contributed by atoms with Gasteiger partial charge in [0.05, 0.1) is 12.7 Å². The van der Waals surface area contributed by atoms with Crippen molar-refractivity contribution in [3.8, 4) is 0 Å². The molecule has 0 amide bonds. The first-order valence-electron chi connectivity index (χ1n) is 3.36. The van der Waals surface area contributed by atoms with Crippen molar-refractivity contribution in [1.82, 2.24) is 0 Å². The highest BCUT2D eigenvalue weighted by atomic mass is 16.6. The average molecular weight is 148 g/mol. The van der Waals surface area contributed by atoms with Gasteiger partial charge in [0.25, 0.3) is 0 Å². The molecule has 2 atom stereocenters. The topological polar surface area (TPSA) is 73.2 Å². The minimum atomic E-state index is -1.25. The van der Waals surface area contributed by atoms with E-state index in [-0.39, 0.29) is 18.8 Å². The summed E-state index contributed by atoms with van der Waals surface area (Å²) < 4.78 is 4.94. The lowest BCUT2D eigenvalue weighted by molar-refractivity contribution is -0.0473. The molecule has 0 saturated carbocycles. The summed E-state index contributed by atoms with van der Waals surface area (Å²) in [6, 6.07) is 0. The number of aliphatic hydroxyl groups excluding tert-OH is 2. The van der Waals surface area contributed by atoms with Crippen LogP contribution >= 0.6 is 0 Å². The Hall–Kier alpha value is -0.160. The zero-order valence-electron chi connectivity index (χ0n) is 5.60. The minimum absolute atomic E-state index is 0.0339. The van der Waals surface area contributed by atoms with Crippen molar-refractivity contribution in [2.24, 2.45) is 0 Å². The molecule has 1 saturated heterocycles.